The van der Waals surface area contributed by atoms with Crippen LogP contribution in [0.5, 0.6) is 11.6 Å². The summed E-state index contributed by atoms with van der Waals surface area (Å²) < 4.78 is 24.8. The lowest BCUT2D eigenvalue weighted by Gasteiger charge is -2.09. The Morgan fingerprint density at radius 3 is 2.68 bits per heavy atom. The minimum Gasteiger partial charge on any atom is -0.491 e. The van der Waals surface area contributed by atoms with Gasteiger partial charge >= 0.3 is 0 Å². The van der Waals surface area contributed by atoms with Crippen molar-refractivity contribution >= 4 is 11.3 Å². The number of nitrogens with zero attached hydrogens (tertiary/aromatic N) is 8. The Morgan fingerprint density at radius 1 is 1.00 bits per heavy atom. The Kier molecular flexibility index (Phi) is 4.67. The number of methoxy groups -OCH3 is 2. The number of ether oxygens (including phenoxy) is 3. The standard InChI is InChI=1S/C19H18N8O4/c1-11-6-14(25-31-11)18-22-21-17-7-15(29-3)19(24-27(17)18)30-10-12-4-5-16-20-13(9-28-2)8-26(16)23-12/h4-8H,9-10H2,1-3H3. The van der Waals surface area contributed by atoms with Gasteiger partial charge in [0, 0.05) is 19.2 Å². The van der Waals surface area contributed by atoms with Crippen LogP contribution in [-0.2, 0) is 18.0 Å². The zero-order valence-electron chi connectivity index (χ0n) is 17.0. The Morgan fingerprint density at radius 2 is 1.90 bits per heavy atom. The van der Waals surface area contributed by atoms with Gasteiger partial charge < -0.3 is 18.7 Å². The molecule has 0 aromatic carbocycles. The third kappa shape index (κ3) is 3.53. The number of hydrogen-bond donors (Lipinski definition) is 0. The quantitative estimate of drug-likeness (QED) is 0.383. The summed E-state index contributed by atoms with van der Waals surface area (Å²) in [6.45, 7) is 2.39. The lowest BCUT2D eigenvalue weighted by atomic mass is 10.3. The minimum absolute atomic E-state index is 0.170. The highest BCUT2D eigenvalue weighted by molar-refractivity contribution is 5.56. The molecule has 5 rings (SSSR count). The fourth-order valence-electron chi connectivity index (χ4n) is 3.08. The van der Waals surface area contributed by atoms with Gasteiger partial charge in [-0.15, -0.1) is 15.3 Å². The molecule has 0 atom stereocenters. The summed E-state index contributed by atoms with van der Waals surface area (Å²) in [4.78, 5) is 4.43. The maximum Gasteiger partial charge on any atom is 0.275 e. The molecule has 12 nitrogen and oxygen atoms in total. The first-order valence-corrected chi connectivity index (χ1v) is 9.34. The van der Waals surface area contributed by atoms with Crippen molar-refractivity contribution in [1.82, 2.24) is 39.6 Å². The number of fused-ring (bicyclic) bond motifs is 2. The lowest BCUT2D eigenvalue weighted by molar-refractivity contribution is 0.182. The highest BCUT2D eigenvalue weighted by Crippen LogP contribution is 2.28. The van der Waals surface area contributed by atoms with E-state index in [0.29, 0.717) is 41.0 Å². The Labute approximate surface area is 175 Å². The molecule has 31 heavy (non-hydrogen) atoms. The van der Waals surface area contributed by atoms with Crippen molar-refractivity contribution in [3.8, 4) is 23.1 Å². The SMILES string of the molecule is COCc1cn2nc(COc3nn4c(-c5cc(C)on5)nnc4cc3OC)ccc2n1. The molecule has 158 valence electrons. The van der Waals surface area contributed by atoms with Crippen molar-refractivity contribution in [3.63, 3.8) is 0 Å². The van der Waals surface area contributed by atoms with E-state index in [4.69, 9.17) is 18.7 Å². The lowest BCUT2D eigenvalue weighted by Crippen LogP contribution is -2.06. The van der Waals surface area contributed by atoms with Crippen molar-refractivity contribution < 1.29 is 18.7 Å². The number of aromatic nitrogens is 8. The van der Waals surface area contributed by atoms with E-state index in [9.17, 15) is 0 Å². The zero-order valence-corrected chi connectivity index (χ0v) is 17.0. The van der Waals surface area contributed by atoms with E-state index < -0.39 is 0 Å². The molecule has 0 saturated heterocycles. The van der Waals surface area contributed by atoms with Crippen LogP contribution in [0.25, 0.3) is 22.8 Å². The van der Waals surface area contributed by atoms with E-state index in [1.54, 1.807) is 30.7 Å². The molecule has 5 heterocycles. The predicted octanol–water partition coefficient (Wildman–Crippen LogP) is 1.86. The summed E-state index contributed by atoms with van der Waals surface area (Å²) in [7, 11) is 3.16. The van der Waals surface area contributed by atoms with Crippen LogP contribution in [0.3, 0.4) is 0 Å². The monoisotopic (exact) mass is 422 g/mol. The van der Waals surface area contributed by atoms with Gasteiger partial charge in [0.05, 0.1) is 31.3 Å². The van der Waals surface area contributed by atoms with Gasteiger partial charge in [-0.2, -0.15) is 9.61 Å². The Hall–Kier alpha value is -4.06. The second kappa shape index (κ2) is 7.65. The number of hydrogen-bond acceptors (Lipinski definition) is 10. The molecule has 5 aromatic heterocycles. The summed E-state index contributed by atoms with van der Waals surface area (Å²) in [6.07, 6.45) is 1.82. The van der Waals surface area contributed by atoms with Crippen LogP contribution in [0, 0.1) is 6.92 Å². The van der Waals surface area contributed by atoms with Gasteiger partial charge in [0.1, 0.15) is 12.4 Å². The molecule has 5 aromatic rings. The largest absolute Gasteiger partial charge is 0.491 e. The van der Waals surface area contributed by atoms with Crippen molar-refractivity contribution in [1.29, 1.82) is 0 Å². The Balaban J connectivity index is 1.44. The molecule has 0 aliphatic carbocycles. The molecule has 0 saturated carbocycles. The molecule has 0 radical (unpaired) electrons. The molecule has 0 fully saturated rings. The summed E-state index contributed by atoms with van der Waals surface area (Å²) >= 11 is 0. The highest BCUT2D eigenvalue weighted by Gasteiger charge is 2.18. The van der Waals surface area contributed by atoms with E-state index in [0.717, 1.165) is 11.3 Å². The second-order valence-electron chi connectivity index (χ2n) is 6.72. The first kappa shape index (κ1) is 18.9. The fraction of sp³-hybridized carbons (Fsp3) is 0.263. The molecule has 12 heteroatoms. The average molecular weight is 422 g/mol. The van der Waals surface area contributed by atoms with E-state index in [1.165, 1.54) is 11.6 Å². The van der Waals surface area contributed by atoms with E-state index in [2.05, 4.69) is 30.5 Å². The maximum absolute atomic E-state index is 5.91. The van der Waals surface area contributed by atoms with Crippen LogP contribution in [0.15, 0.2) is 35.0 Å². The summed E-state index contributed by atoms with van der Waals surface area (Å²) in [5, 5.41) is 21.3. The van der Waals surface area contributed by atoms with Gasteiger partial charge in [-0.3, -0.25) is 0 Å². The third-order valence-corrected chi connectivity index (χ3v) is 4.48. The van der Waals surface area contributed by atoms with Crippen molar-refractivity contribution in [3.05, 3.63) is 47.6 Å². The van der Waals surface area contributed by atoms with Crippen molar-refractivity contribution in [2.75, 3.05) is 14.2 Å². The smallest absolute Gasteiger partial charge is 0.275 e. The minimum atomic E-state index is 0.170. The molecule has 0 aliphatic rings. The van der Waals surface area contributed by atoms with Gasteiger partial charge in [-0.25, -0.2) is 9.50 Å². The molecule has 0 spiro atoms. The van der Waals surface area contributed by atoms with E-state index >= 15 is 0 Å². The third-order valence-electron chi connectivity index (χ3n) is 4.48. The van der Waals surface area contributed by atoms with Gasteiger partial charge in [0.25, 0.3) is 5.88 Å². The van der Waals surface area contributed by atoms with Crippen molar-refractivity contribution in [2.24, 2.45) is 0 Å². The number of aryl methyl sites for hydroxylation is 1. The average Bonchev–Trinajstić information content (AvgIpc) is 3.48. The molecule has 0 bridgehead atoms. The van der Waals surface area contributed by atoms with Crippen LogP contribution in [0.1, 0.15) is 17.1 Å². The first-order valence-electron chi connectivity index (χ1n) is 9.34. The molecule has 0 aliphatic heterocycles. The molecule has 0 unspecified atom stereocenters. The maximum atomic E-state index is 5.91. The van der Waals surface area contributed by atoms with Gasteiger partial charge in [-0.1, -0.05) is 5.16 Å². The molecular formula is C19H18N8O4. The van der Waals surface area contributed by atoms with Crippen LogP contribution in [-0.4, -0.2) is 53.8 Å². The van der Waals surface area contributed by atoms with Crippen LogP contribution in [0.4, 0.5) is 0 Å². The van der Waals surface area contributed by atoms with Gasteiger partial charge in [0.15, 0.2) is 22.7 Å². The van der Waals surface area contributed by atoms with Crippen molar-refractivity contribution in [2.45, 2.75) is 20.1 Å². The van der Waals surface area contributed by atoms with E-state index in [1.807, 2.05) is 18.3 Å². The summed E-state index contributed by atoms with van der Waals surface area (Å²) in [5.74, 6) is 1.78. The Bertz CT molecular complexity index is 1370. The molecular weight excluding hydrogens is 404 g/mol. The normalized spacial score (nSPS) is 11.5. The zero-order chi connectivity index (χ0) is 21.4. The summed E-state index contributed by atoms with van der Waals surface area (Å²) in [6, 6.07) is 7.15. The van der Waals surface area contributed by atoms with Crippen LogP contribution >= 0.6 is 0 Å². The topological polar surface area (TPSA) is 127 Å². The van der Waals surface area contributed by atoms with Crippen LogP contribution in [0.2, 0.25) is 0 Å². The van der Waals surface area contributed by atoms with Gasteiger partial charge in [0.2, 0.25) is 5.82 Å². The number of rotatable bonds is 7. The molecule has 0 N–H and O–H groups in total. The fourth-order valence-corrected chi connectivity index (χ4v) is 3.08. The van der Waals surface area contributed by atoms with E-state index in [-0.39, 0.29) is 12.5 Å². The van der Waals surface area contributed by atoms with Crippen LogP contribution < -0.4 is 9.47 Å². The second-order valence-corrected chi connectivity index (χ2v) is 6.72. The predicted molar refractivity (Wildman–Crippen MR) is 106 cm³/mol. The molecule has 0 amide bonds. The van der Waals surface area contributed by atoms with Gasteiger partial charge in [-0.05, 0) is 19.1 Å². The summed E-state index contributed by atoms with van der Waals surface area (Å²) in [5.41, 5.74) is 3.22. The first-order chi connectivity index (χ1) is 15.1. The highest BCUT2D eigenvalue weighted by atomic mass is 16.5. The number of imidazole rings is 1.